The van der Waals surface area contributed by atoms with E-state index in [1.807, 2.05) is 6.08 Å². The molecular weight excluding hydrogens is 128 g/mol. The molecule has 0 aromatic carbocycles. The number of ether oxygens (including phenoxy) is 2. The third kappa shape index (κ3) is 0.895. The van der Waals surface area contributed by atoms with E-state index in [-0.39, 0.29) is 12.2 Å². The summed E-state index contributed by atoms with van der Waals surface area (Å²) in [6, 6.07) is 0. The number of hydrogen-bond acceptors (Lipinski definition) is 2. The topological polar surface area (TPSA) is 18.5 Å². The maximum Gasteiger partial charge on any atom is 0.148 e. The monoisotopic (exact) mass is 138 g/mol. The normalized spacial score (nSPS) is 37.5. The first-order chi connectivity index (χ1) is 4.86. The van der Waals surface area contributed by atoms with Gasteiger partial charge in [0.25, 0.3) is 0 Å². The second-order valence-electron chi connectivity index (χ2n) is 2.65. The molecule has 0 amide bonds. The lowest BCUT2D eigenvalue weighted by Gasteiger charge is -2.13. The van der Waals surface area contributed by atoms with E-state index in [4.69, 9.17) is 9.47 Å². The van der Waals surface area contributed by atoms with Gasteiger partial charge in [0.15, 0.2) is 0 Å². The molecule has 1 fully saturated rings. The predicted octanol–water partition coefficient (Wildman–Crippen LogP) is 1.24. The van der Waals surface area contributed by atoms with E-state index in [0.29, 0.717) is 6.79 Å². The molecule has 0 saturated carbocycles. The summed E-state index contributed by atoms with van der Waals surface area (Å²) < 4.78 is 10.5. The van der Waals surface area contributed by atoms with E-state index in [9.17, 15) is 0 Å². The maximum absolute atomic E-state index is 5.28. The summed E-state index contributed by atoms with van der Waals surface area (Å²) in [5.74, 6) is 0. The summed E-state index contributed by atoms with van der Waals surface area (Å²) in [5, 5.41) is 0. The van der Waals surface area contributed by atoms with E-state index in [1.165, 1.54) is 5.57 Å². The second-order valence-corrected chi connectivity index (χ2v) is 2.65. The number of hydrogen-bond donors (Lipinski definition) is 0. The molecule has 10 heavy (non-hydrogen) atoms. The van der Waals surface area contributed by atoms with Crippen LogP contribution >= 0.6 is 0 Å². The van der Waals surface area contributed by atoms with Gasteiger partial charge in [0, 0.05) is 0 Å². The van der Waals surface area contributed by atoms with Crippen LogP contribution in [0.1, 0.15) is 6.92 Å². The molecule has 0 N–H and O–H groups in total. The van der Waals surface area contributed by atoms with Crippen molar-refractivity contribution in [3.8, 4) is 0 Å². The Morgan fingerprint density at radius 2 is 2.20 bits per heavy atom. The molecule has 0 aromatic rings. The van der Waals surface area contributed by atoms with Crippen LogP contribution in [-0.2, 0) is 9.47 Å². The third-order valence-electron chi connectivity index (χ3n) is 1.82. The Hall–Kier alpha value is -0.600. The number of fused-ring (bicyclic) bond motifs is 1. The summed E-state index contributed by atoms with van der Waals surface area (Å²) in [4.78, 5) is 0. The molecule has 0 radical (unpaired) electrons. The quantitative estimate of drug-likeness (QED) is 0.501. The Labute approximate surface area is 60.1 Å². The van der Waals surface area contributed by atoms with Gasteiger partial charge in [-0.2, -0.15) is 0 Å². The van der Waals surface area contributed by atoms with Gasteiger partial charge in [0.1, 0.15) is 19.0 Å². The van der Waals surface area contributed by atoms with Crippen LogP contribution in [0.2, 0.25) is 0 Å². The summed E-state index contributed by atoms with van der Waals surface area (Å²) in [6.07, 6.45) is 6.55. The Kier molecular flexibility index (Phi) is 1.36. The van der Waals surface area contributed by atoms with Gasteiger partial charge >= 0.3 is 0 Å². The molecule has 1 heterocycles. The van der Waals surface area contributed by atoms with Crippen molar-refractivity contribution < 1.29 is 9.47 Å². The standard InChI is InChI=1S/C8H10O2/c1-6-2-3-7-8(4-6)10-5-9-7/h2-4,7-8H,5H2,1H3. The SMILES string of the molecule is CC1=CC2OCOC2C=C1. The first-order valence-electron chi connectivity index (χ1n) is 3.46. The molecule has 0 bridgehead atoms. The van der Waals surface area contributed by atoms with E-state index < -0.39 is 0 Å². The second kappa shape index (κ2) is 2.22. The molecular formula is C8H10O2. The highest BCUT2D eigenvalue weighted by Gasteiger charge is 2.26. The highest BCUT2D eigenvalue weighted by molar-refractivity contribution is 5.26. The molecule has 1 aliphatic carbocycles. The van der Waals surface area contributed by atoms with Gasteiger partial charge in [-0.05, 0) is 13.0 Å². The smallest absolute Gasteiger partial charge is 0.148 e. The van der Waals surface area contributed by atoms with Crippen LogP contribution in [0.5, 0.6) is 0 Å². The number of allylic oxidation sites excluding steroid dienone is 2. The maximum atomic E-state index is 5.28. The van der Waals surface area contributed by atoms with Gasteiger partial charge in [-0.3, -0.25) is 0 Å². The zero-order chi connectivity index (χ0) is 6.97. The van der Waals surface area contributed by atoms with Crippen LogP contribution in [-0.4, -0.2) is 19.0 Å². The lowest BCUT2D eigenvalue weighted by molar-refractivity contribution is 0.0503. The highest BCUT2D eigenvalue weighted by atomic mass is 16.7. The minimum atomic E-state index is 0.170. The molecule has 1 saturated heterocycles. The van der Waals surface area contributed by atoms with Crippen molar-refractivity contribution in [1.29, 1.82) is 0 Å². The van der Waals surface area contributed by atoms with Gasteiger partial charge in [-0.1, -0.05) is 17.7 Å². The van der Waals surface area contributed by atoms with Gasteiger partial charge in [-0.25, -0.2) is 0 Å². The molecule has 0 aromatic heterocycles. The summed E-state index contributed by atoms with van der Waals surface area (Å²) in [7, 11) is 0. The minimum Gasteiger partial charge on any atom is -0.345 e. The molecule has 2 unspecified atom stereocenters. The molecule has 1 aliphatic heterocycles. The van der Waals surface area contributed by atoms with E-state index >= 15 is 0 Å². The first kappa shape index (κ1) is 6.13. The van der Waals surface area contributed by atoms with Crippen LogP contribution in [0, 0.1) is 0 Å². The minimum absolute atomic E-state index is 0.170. The third-order valence-corrected chi connectivity index (χ3v) is 1.82. The Balaban J connectivity index is 2.20. The van der Waals surface area contributed by atoms with Crippen molar-refractivity contribution in [3.63, 3.8) is 0 Å². The van der Waals surface area contributed by atoms with Crippen LogP contribution in [0.4, 0.5) is 0 Å². The van der Waals surface area contributed by atoms with E-state index in [1.54, 1.807) is 0 Å². The van der Waals surface area contributed by atoms with Crippen molar-refractivity contribution in [2.75, 3.05) is 6.79 Å². The average molecular weight is 138 g/mol. The Morgan fingerprint density at radius 1 is 1.40 bits per heavy atom. The lowest BCUT2D eigenvalue weighted by atomic mass is 10.0. The van der Waals surface area contributed by atoms with Gasteiger partial charge in [-0.15, -0.1) is 0 Å². The van der Waals surface area contributed by atoms with Crippen molar-refractivity contribution >= 4 is 0 Å². The number of rotatable bonds is 0. The zero-order valence-electron chi connectivity index (χ0n) is 5.91. The van der Waals surface area contributed by atoms with Crippen molar-refractivity contribution in [2.45, 2.75) is 19.1 Å². The van der Waals surface area contributed by atoms with Gasteiger partial charge < -0.3 is 9.47 Å². The van der Waals surface area contributed by atoms with Crippen molar-refractivity contribution in [2.24, 2.45) is 0 Å². The molecule has 2 heteroatoms. The molecule has 2 nitrogen and oxygen atoms in total. The Morgan fingerprint density at radius 3 is 3.10 bits per heavy atom. The van der Waals surface area contributed by atoms with E-state index in [0.717, 1.165) is 0 Å². The van der Waals surface area contributed by atoms with Gasteiger partial charge in [0.05, 0.1) is 0 Å². The molecule has 2 atom stereocenters. The Bertz CT molecular complexity index is 193. The van der Waals surface area contributed by atoms with Gasteiger partial charge in [0.2, 0.25) is 0 Å². The lowest BCUT2D eigenvalue weighted by Crippen LogP contribution is -2.20. The summed E-state index contributed by atoms with van der Waals surface area (Å²) in [6.45, 7) is 2.50. The van der Waals surface area contributed by atoms with Crippen LogP contribution in [0.3, 0.4) is 0 Å². The molecule has 2 rings (SSSR count). The van der Waals surface area contributed by atoms with E-state index in [2.05, 4.69) is 19.1 Å². The molecule has 0 spiro atoms. The van der Waals surface area contributed by atoms with Crippen molar-refractivity contribution in [3.05, 3.63) is 23.8 Å². The molecule has 2 aliphatic rings. The largest absolute Gasteiger partial charge is 0.345 e. The summed E-state index contributed by atoms with van der Waals surface area (Å²) in [5.41, 5.74) is 1.26. The van der Waals surface area contributed by atoms with Crippen LogP contribution in [0.15, 0.2) is 23.8 Å². The predicted molar refractivity (Wildman–Crippen MR) is 37.5 cm³/mol. The summed E-state index contributed by atoms with van der Waals surface area (Å²) >= 11 is 0. The highest BCUT2D eigenvalue weighted by Crippen LogP contribution is 2.21. The average Bonchev–Trinajstić information content (AvgIpc) is 2.33. The zero-order valence-corrected chi connectivity index (χ0v) is 5.91. The fraction of sp³-hybridized carbons (Fsp3) is 0.500. The van der Waals surface area contributed by atoms with Crippen LogP contribution < -0.4 is 0 Å². The van der Waals surface area contributed by atoms with Crippen LogP contribution in [0.25, 0.3) is 0 Å². The van der Waals surface area contributed by atoms with Crippen molar-refractivity contribution in [1.82, 2.24) is 0 Å². The fourth-order valence-corrected chi connectivity index (χ4v) is 1.26. The molecule has 54 valence electrons. The fourth-order valence-electron chi connectivity index (χ4n) is 1.26. The first-order valence-corrected chi connectivity index (χ1v) is 3.46.